The minimum absolute atomic E-state index is 0.0565. The van der Waals surface area contributed by atoms with Gasteiger partial charge in [0.05, 0.1) is 0 Å². The van der Waals surface area contributed by atoms with Gasteiger partial charge in [0.15, 0.2) is 0 Å². The maximum absolute atomic E-state index is 10.4. The molecule has 0 aliphatic heterocycles. The first-order valence-electron chi connectivity index (χ1n) is 4.59. The molecule has 1 rings (SSSR count). The van der Waals surface area contributed by atoms with Crippen molar-refractivity contribution in [2.75, 3.05) is 0 Å². The molecular weight excluding hydrogens is 198 g/mol. The zero-order valence-electron chi connectivity index (χ0n) is 8.14. The minimum Gasteiger partial charge on any atom is -0.294 e. The van der Waals surface area contributed by atoms with Crippen LogP contribution in [-0.2, 0) is 17.7 Å². The summed E-state index contributed by atoms with van der Waals surface area (Å²) >= 11 is -1.90. The fourth-order valence-electron chi connectivity index (χ4n) is 1.26. The summed E-state index contributed by atoms with van der Waals surface area (Å²) in [7, 11) is 0. The van der Waals surface area contributed by atoms with Gasteiger partial charge in [-0.25, -0.2) is 8.93 Å². The van der Waals surface area contributed by atoms with Crippen LogP contribution in [0.25, 0.3) is 0 Å². The predicted octanol–water partition coefficient (Wildman–Crippen LogP) is 1.73. The summed E-state index contributed by atoms with van der Waals surface area (Å²) in [6.45, 7) is 1.90. The molecule has 14 heavy (non-hydrogen) atoms. The van der Waals surface area contributed by atoms with E-state index in [0.29, 0.717) is 0 Å². The van der Waals surface area contributed by atoms with Gasteiger partial charge in [-0.15, -0.1) is 0 Å². The largest absolute Gasteiger partial charge is 0.294 e. The molecule has 0 radical (unpaired) electrons. The lowest BCUT2D eigenvalue weighted by molar-refractivity contribution is 0.521. The Bertz CT molecular complexity index is 289. The smallest absolute Gasteiger partial charge is 0.231 e. The number of hydrogen-bond donors (Lipinski definition) is 2. The average molecular weight is 213 g/mol. The highest BCUT2D eigenvalue weighted by atomic mass is 32.2. The highest BCUT2D eigenvalue weighted by molar-refractivity contribution is 7.77. The molecule has 1 aromatic carbocycles. The van der Waals surface area contributed by atoms with Crippen LogP contribution in [0.2, 0.25) is 0 Å². The van der Waals surface area contributed by atoms with E-state index < -0.39 is 11.3 Å². The van der Waals surface area contributed by atoms with Gasteiger partial charge in [0.2, 0.25) is 11.3 Å². The van der Waals surface area contributed by atoms with Gasteiger partial charge in [-0.1, -0.05) is 30.3 Å². The van der Waals surface area contributed by atoms with Crippen molar-refractivity contribution in [3.63, 3.8) is 0 Å². The maximum atomic E-state index is 10.4. The topological polar surface area (TPSA) is 49.3 Å². The molecule has 2 N–H and O–H groups in total. The Kier molecular flexibility index (Phi) is 4.79. The standard InChI is InChI=1S/C10H15NO2S/c1-9(11-14(12)13)7-8-10-5-3-2-4-6-10/h2-6,9,11H,7-8H2,1H3,(H,12,13). The second-order valence-corrected chi connectivity index (χ2v) is 4.03. The van der Waals surface area contributed by atoms with Gasteiger partial charge >= 0.3 is 0 Å². The molecule has 1 aromatic rings. The SMILES string of the molecule is CC(CCc1ccccc1)NS(=O)O. The van der Waals surface area contributed by atoms with Gasteiger partial charge in [0.25, 0.3) is 0 Å². The predicted molar refractivity (Wildman–Crippen MR) is 58.1 cm³/mol. The van der Waals surface area contributed by atoms with Crippen molar-refractivity contribution >= 4 is 11.3 Å². The van der Waals surface area contributed by atoms with E-state index in [4.69, 9.17) is 4.55 Å². The number of nitrogens with one attached hydrogen (secondary N) is 1. The molecule has 2 unspecified atom stereocenters. The van der Waals surface area contributed by atoms with E-state index in [9.17, 15) is 4.21 Å². The van der Waals surface area contributed by atoms with Gasteiger partial charge in [-0.05, 0) is 25.3 Å². The van der Waals surface area contributed by atoms with Crippen LogP contribution in [0.3, 0.4) is 0 Å². The first-order chi connectivity index (χ1) is 6.68. The molecule has 0 saturated carbocycles. The molecule has 2 atom stereocenters. The van der Waals surface area contributed by atoms with Crippen LogP contribution in [0.5, 0.6) is 0 Å². The van der Waals surface area contributed by atoms with Gasteiger partial charge < -0.3 is 0 Å². The first-order valence-corrected chi connectivity index (χ1v) is 5.70. The van der Waals surface area contributed by atoms with Gasteiger partial charge in [0, 0.05) is 6.04 Å². The van der Waals surface area contributed by atoms with Crippen molar-refractivity contribution in [3.8, 4) is 0 Å². The molecule has 0 aliphatic carbocycles. The third kappa shape index (κ3) is 4.50. The summed E-state index contributed by atoms with van der Waals surface area (Å²) in [6.07, 6.45) is 1.78. The zero-order valence-corrected chi connectivity index (χ0v) is 8.96. The third-order valence-electron chi connectivity index (χ3n) is 2.01. The van der Waals surface area contributed by atoms with Crippen LogP contribution in [0.4, 0.5) is 0 Å². The van der Waals surface area contributed by atoms with Crippen molar-refractivity contribution in [2.24, 2.45) is 0 Å². The normalized spacial score (nSPS) is 15.0. The average Bonchev–Trinajstić information content (AvgIpc) is 2.15. The molecule has 0 bridgehead atoms. The van der Waals surface area contributed by atoms with Crippen LogP contribution in [0.15, 0.2) is 30.3 Å². The van der Waals surface area contributed by atoms with Crippen LogP contribution in [0, 0.1) is 0 Å². The Labute approximate surface area is 87.0 Å². The molecule has 0 heterocycles. The Morgan fingerprint density at radius 3 is 2.64 bits per heavy atom. The summed E-state index contributed by atoms with van der Waals surface area (Å²) in [5.74, 6) is 0. The van der Waals surface area contributed by atoms with Crippen molar-refractivity contribution < 1.29 is 8.76 Å². The maximum Gasteiger partial charge on any atom is 0.231 e. The van der Waals surface area contributed by atoms with Gasteiger partial charge in [-0.2, -0.15) is 0 Å². The summed E-state index contributed by atoms with van der Waals surface area (Å²) in [6, 6.07) is 10.1. The molecule has 0 saturated heterocycles. The quantitative estimate of drug-likeness (QED) is 0.732. The molecule has 0 spiro atoms. The van der Waals surface area contributed by atoms with Crippen molar-refractivity contribution in [2.45, 2.75) is 25.8 Å². The van der Waals surface area contributed by atoms with E-state index in [1.54, 1.807) is 0 Å². The second-order valence-electron chi connectivity index (χ2n) is 3.29. The molecule has 0 amide bonds. The van der Waals surface area contributed by atoms with Crippen molar-refractivity contribution in [1.82, 2.24) is 4.72 Å². The molecule has 0 fully saturated rings. The number of rotatable bonds is 5. The Balaban J connectivity index is 2.30. The Hall–Kier alpha value is -0.710. The van der Waals surface area contributed by atoms with E-state index in [1.165, 1.54) is 5.56 Å². The lowest BCUT2D eigenvalue weighted by Crippen LogP contribution is -2.27. The minimum atomic E-state index is -1.90. The van der Waals surface area contributed by atoms with Crippen molar-refractivity contribution in [1.29, 1.82) is 0 Å². The van der Waals surface area contributed by atoms with Crippen molar-refractivity contribution in [3.05, 3.63) is 35.9 Å². The monoisotopic (exact) mass is 213 g/mol. The van der Waals surface area contributed by atoms with Crippen LogP contribution >= 0.6 is 0 Å². The van der Waals surface area contributed by atoms with E-state index >= 15 is 0 Å². The number of hydrogen-bond acceptors (Lipinski definition) is 1. The van der Waals surface area contributed by atoms with Crippen LogP contribution in [0.1, 0.15) is 18.9 Å². The fourth-order valence-corrected chi connectivity index (χ4v) is 1.72. The third-order valence-corrected chi connectivity index (χ3v) is 2.61. The molecule has 0 aromatic heterocycles. The summed E-state index contributed by atoms with van der Waals surface area (Å²) < 4.78 is 21.5. The van der Waals surface area contributed by atoms with Crippen LogP contribution in [-0.4, -0.2) is 14.8 Å². The lowest BCUT2D eigenvalue weighted by Gasteiger charge is -2.09. The van der Waals surface area contributed by atoms with E-state index in [2.05, 4.69) is 16.9 Å². The summed E-state index contributed by atoms with van der Waals surface area (Å²) in [5, 5.41) is 0. The Morgan fingerprint density at radius 2 is 2.07 bits per heavy atom. The van der Waals surface area contributed by atoms with Gasteiger partial charge in [-0.3, -0.25) is 4.55 Å². The highest BCUT2D eigenvalue weighted by Gasteiger charge is 2.03. The fraction of sp³-hybridized carbons (Fsp3) is 0.400. The highest BCUT2D eigenvalue weighted by Crippen LogP contribution is 2.04. The van der Waals surface area contributed by atoms with E-state index in [1.807, 2.05) is 25.1 Å². The first kappa shape index (κ1) is 11.4. The van der Waals surface area contributed by atoms with Gasteiger partial charge in [0.1, 0.15) is 0 Å². The van der Waals surface area contributed by atoms with Crippen LogP contribution < -0.4 is 4.72 Å². The molecule has 0 aliphatic rings. The lowest BCUT2D eigenvalue weighted by atomic mass is 10.1. The number of benzene rings is 1. The summed E-state index contributed by atoms with van der Waals surface area (Å²) in [5.41, 5.74) is 1.25. The molecule has 3 nitrogen and oxygen atoms in total. The summed E-state index contributed by atoms with van der Waals surface area (Å²) in [4.78, 5) is 0. The zero-order chi connectivity index (χ0) is 10.4. The van der Waals surface area contributed by atoms with E-state index in [-0.39, 0.29) is 6.04 Å². The van der Waals surface area contributed by atoms with E-state index in [0.717, 1.165) is 12.8 Å². The molecular formula is C10H15NO2S. The molecule has 78 valence electrons. The number of aryl methyl sites for hydroxylation is 1. The second kappa shape index (κ2) is 5.90. The molecule has 4 heteroatoms. The Morgan fingerprint density at radius 1 is 1.43 bits per heavy atom.